The molecule has 0 saturated carbocycles. The van der Waals surface area contributed by atoms with Gasteiger partial charge in [-0.05, 0) is 54.7 Å². The van der Waals surface area contributed by atoms with E-state index >= 15 is 0 Å². The first-order valence-electron chi connectivity index (χ1n) is 13.6. The average Bonchev–Trinajstić information content (AvgIpc) is 3.47. The fourth-order valence-electron chi connectivity index (χ4n) is 5.02. The maximum atomic E-state index is 13.9. The Kier molecular flexibility index (Phi) is 8.44. The molecular weight excluding hydrogens is 544 g/mol. The summed E-state index contributed by atoms with van der Waals surface area (Å²) in [7, 11) is 0. The number of nitrogens with zero attached hydrogens (tertiary/aromatic N) is 2. The zero-order valence-corrected chi connectivity index (χ0v) is 23.5. The topological polar surface area (TPSA) is 82.5 Å². The lowest BCUT2D eigenvalue weighted by Crippen LogP contribution is -2.38. The van der Waals surface area contributed by atoms with Gasteiger partial charge in [-0.3, -0.25) is 9.59 Å². The molecule has 212 valence electrons. The van der Waals surface area contributed by atoms with Gasteiger partial charge in [0.1, 0.15) is 11.4 Å². The van der Waals surface area contributed by atoms with Crippen LogP contribution in [0.15, 0.2) is 78.2 Å². The van der Waals surface area contributed by atoms with Gasteiger partial charge in [0.25, 0.3) is 11.8 Å². The number of hydrogen-bond donors (Lipinski definition) is 2. The molecule has 1 aliphatic heterocycles. The van der Waals surface area contributed by atoms with E-state index in [0.717, 1.165) is 30.3 Å². The number of para-hydroxylation sites is 1. The number of piperidine rings is 1. The molecule has 6 nitrogen and oxygen atoms in total. The molecule has 2 heterocycles. The van der Waals surface area contributed by atoms with Crippen LogP contribution in [0.1, 0.15) is 58.7 Å². The highest BCUT2D eigenvalue weighted by Crippen LogP contribution is 2.34. The summed E-state index contributed by atoms with van der Waals surface area (Å²) in [6, 6.07) is 20.2. The van der Waals surface area contributed by atoms with Crippen molar-refractivity contribution in [3.05, 3.63) is 100 Å². The van der Waals surface area contributed by atoms with Crippen LogP contribution in [0.5, 0.6) is 5.75 Å². The molecule has 4 aromatic rings. The maximum Gasteiger partial charge on any atom is 0.275 e. The Labute approximate surface area is 241 Å². The predicted octanol–water partition coefficient (Wildman–Crippen LogP) is 7.22. The second kappa shape index (κ2) is 12.2. The molecular formula is C32H31F2N3O3S. The number of halogens is 2. The Balaban J connectivity index is 1.18. The van der Waals surface area contributed by atoms with Gasteiger partial charge in [-0.15, -0.1) is 11.3 Å². The lowest BCUT2D eigenvalue weighted by Gasteiger charge is -2.31. The molecule has 0 atom stereocenters. The van der Waals surface area contributed by atoms with Gasteiger partial charge in [-0.2, -0.15) is 0 Å². The first-order chi connectivity index (χ1) is 19.7. The molecule has 0 unspecified atom stereocenters. The van der Waals surface area contributed by atoms with E-state index in [4.69, 9.17) is 0 Å². The van der Waals surface area contributed by atoms with Crippen molar-refractivity contribution < 1.29 is 23.5 Å². The minimum Gasteiger partial charge on any atom is -0.508 e. The third kappa shape index (κ3) is 6.97. The van der Waals surface area contributed by atoms with Crippen LogP contribution in [0.25, 0.3) is 11.1 Å². The molecule has 1 saturated heterocycles. The predicted molar refractivity (Wildman–Crippen MR) is 156 cm³/mol. The number of phenolic OH excluding ortho intramolecular Hbond substituents is 1. The number of alkyl halides is 2. The van der Waals surface area contributed by atoms with Crippen molar-refractivity contribution in [1.82, 2.24) is 9.88 Å². The van der Waals surface area contributed by atoms with Crippen molar-refractivity contribution in [2.45, 2.75) is 44.4 Å². The molecule has 2 amide bonds. The molecule has 9 heteroatoms. The molecule has 0 bridgehead atoms. The fraction of sp³-hybridized carbons (Fsp3) is 0.281. The van der Waals surface area contributed by atoms with Crippen LogP contribution in [0, 0.1) is 0 Å². The molecule has 41 heavy (non-hydrogen) atoms. The third-order valence-electron chi connectivity index (χ3n) is 7.37. The van der Waals surface area contributed by atoms with Crippen molar-refractivity contribution >= 4 is 28.8 Å². The summed E-state index contributed by atoms with van der Waals surface area (Å²) >= 11 is 1.44. The monoisotopic (exact) mass is 575 g/mol. The highest BCUT2D eigenvalue weighted by molar-refractivity contribution is 7.10. The molecule has 5 rings (SSSR count). The molecule has 1 fully saturated rings. The van der Waals surface area contributed by atoms with Gasteiger partial charge in [0.05, 0.1) is 5.01 Å². The number of aromatic hydroxyl groups is 1. The summed E-state index contributed by atoms with van der Waals surface area (Å²) in [6.07, 6.45) is 2.61. The smallest absolute Gasteiger partial charge is 0.275 e. The van der Waals surface area contributed by atoms with Gasteiger partial charge in [0.15, 0.2) is 0 Å². The number of anilines is 1. The van der Waals surface area contributed by atoms with Crippen LogP contribution >= 0.6 is 11.3 Å². The van der Waals surface area contributed by atoms with Crippen LogP contribution in [-0.4, -0.2) is 39.9 Å². The number of benzene rings is 3. The number of phenols is 1. The molecule has 3 aromatic carbocycles. The number of carbonyl (C=O) groups is 2. The Morgan fingerprint density at radius 2 is 1.78 bits per heavy atom. The number of aryl methyl sites for hydroxylation is 1. The quantitative estimate of drug-likeness (QED) is 0.232. The summed E-state index contributed by atoms with van der Waals surface area (Å²) < 4.78 is 27.8. The second-order valence-electron chi connectivity index (χ2n) is 10.4. The zero-order chi connectivity index (χ0) is 29.0. The number of carbonyl (C=O) groups excluding carboxylic acids is 2. The molecule has 0 spiro atoms. The summed E-state index contributed by atoms with van der Waals surface area (Å²) in [5, 5.41) is 14.9. The van der Waals surface area contributed by atoms with Crippen molar-refractivity contribution in [1.29, 1.82) is 0 Å². The fourth-order valence-corrected chi connectivity index (χ4v) is 5.99. The third-order valence-corrected chi connectivity index (χ3v) is 8.38. The largest absolute Gasteiger partial charge is 0.508 e. The molecule has 2 N–H and O–H groups in total. The molecule has 1 aromatic heterocycles. The van der Waals surface area contributed by atoms with Gasteiger partial charge < -0.3 is 15.3 Å². The number of amides is 2. The zero-order valence-electron chi connectivity index (χ0n) is 22.6. The minimum absolute atomic E-state index is 0.0923. The highest BCUT2D eigenvalue weighted by atomic mass is 32.1. The number of nitrogens with one attached hydrogen (secondary N) is 1. The summed E-state index contributed by atoms with van der Waals surface area (Å²) in [5.74, 6) is -2.83. The van der Waals surface area contributed by atoms with E-state index in [0.29, 0.717) is 48.4 Å². The van der Waals surface area contributed by atoms with E-state index in [-0.39, 0.29) is 29.0 Å². The lowest BCUT2D eigenvalue weighted by molar-refractivity contribution is -0.132. The standard InChI is InChI=1S/C32H31F2N3O3S/c1-32(33,34)24-6-4-5-23(19-24)26-7-2-3-8-27(26)35-30(40)28-20-41-31(36-28)22-15-17-37(18-16-22)29(39)14-11-21-9-12-25(38)13-10-21/h2-10,12-13,19-20,22,38H,11,14-18H2,1H3,(H,35,40). The van der Waals surface area contributed by atoms with E-state index in [1.54, 1.807) is 53.9 Å². The summed E-state index contributed by atoms with van der Waals surface area (Å²) in [5.41, 5.74) is 2.97. The minimum atomic E-state index is -2.97. The van der Waals surface area contributed by atoms with Crippen molar-refractivity contribution in [3.63, 3.8) is 0 Å². The normalized spacial score (nSPS) is 14.2. The SMILES string of the molecule is CC(F)(F)c1cccc(-c2ccccc2NC(=O)c2csc(C3CCN(C(=O)CCc4ccc(O)cc4)CC3)n2)c1. The highest BCUT2D eigenvalue weighted by Gasteiger charge is 2.27. The lowest BCUT2D eigenvalue weighted by atomic mass is 9.97. The van der Waals surface area contributed by atoms with Crippen LogP contribution in [0.3, 0.4) is 0 Å². The Hall–Kier alpha value is -4.11. The van der Waals surface area contributed by atoms with Gasteiger partial charge in [0, 0.05) is 54.5 Å². The van der Waals surface area contributed by atoms with Crippen LogP contribution in [0.2, 0.25) is 0 Å². The average molecular weight is 576 g/mol. The number of hydrogen-bond acceptors (Lipinski definition) is 5. The molecule has 0 radical (unpaired) electrons. The van der Waals surface area contributed by atoms with E-state index in [1.807, 2.05) is 17.0 Å². The number of rotatable bonds is 8. The summed E-state index contributed by atoms with van der Waals surface area (Å²) in [6.45, 7) is 2.15. The Morgan fingerprint density at radius 3 is 2.51 bits per heavy atom. The van der Waals surface area contributed by atoms with Gasteiger partial charge >= 0.3 is 0 Å². The Bertz CT molecular complexity index is 1520. The van der Waals surface area contributed by atoms with Crippen LogP contribution in [-0.2, 0) is 17.1 Å². The van der Waals surface area contributed by atoms with E-state index in [2.05, 4.69) is 10.3 Å². The van der Waals surface area contributed by atoms with Crippen molar-refractivity contribution in [2.24, 2.45) is 0 Å². The summed E-state index contributed by atoms with van der Waals surface area (Å²) in [4.78, 5) is 32.3. The van der Waals surface area contributed by atoms with Crippen LogP contribution < -0.4 is 5.32 Å². The van der Waals surface area contributed by atoms with E-state index < -0.39 is 5.92 Å². The van der Waals surface area contributed by atoms with E-state index in [1.165, 1.54) is 23.5 Å². The van der Waals surface area contributed by atoms with Crippen molar-refractivity contribution in [3.8, 4) is 16.9 Å². The number of likely N-dealkylation sites (tertiary alicyclic amines) is 1. The second-order valence-corrected chi connectivity index (χ2v) is 11.3. The van der Waals surface area contributed by atoms with Crippen LogP contribution in [0.4, 0.5) is 14.5 Å². The van der Waals surface area contributed by atoms with Crippen molar-refractivity contribution in [2.75, 3.05) is 18.4 Å². The number of aromatic nitrogens is 1. The first-order valence-corrected chi connectivity index (χ1v) is 14.5. The number of thiazole rings is 1. The van der Waals surface area contributed by atoms with E-state index in [9.17, 15) is 23.5 Å². The van der Waals surface area contributed by atoms with Gasteiger partial charge in [-0.1, -0.05) is 48.5 Å². The molecule has 0 aliphatic carbocycles. The Morgan fingerprint density at radius 1 is 1.05 bits per heavy atom. The van der Waals surface area contributed by atoms with Gasteiger partial charge in [-0.25, -0.2) is 13.8 Å². The molecule has 1 aliphatic rings. The maximum absolute atomic E-state index is 13.9. The van der Waals surface area contributed by atoms with Gasteiger partial charge in [0.2, 0.25) is 5.91 Å². The first kappa shape index (κ1) is 28.4.